The number of nitrogens with zero attached hydrogens (tertiary/aromatic N) is 4. The predicted octanol–water partition coefficient (Wildman–Crippen LogP) is 3.61. The molecule has 51 heavy (non-hydrogen) atoms. The maximum absolute atomic E-state index is 14.5. The lowest BCUT2D eigenvalue weighted by Crippen LogP contribution is -2.64. The summed E-state index contributed by atoms with van der Waals surface area (Å²) in [5.41, 5.74) is 5.98. The van der Waals surface area contributed by atoms with Gasteiger partial charge in [-0.1, -0.05) is 39.2 Å². The molecular weight excluding hydrogens is 664 g/mol. The van der Waals surface area contributed by atoms with Gasteiger partial charge >= 0.3 is 11.9 Å². The van der Waals surface area contributed by atoms with Crippen molar-refractivity contribution in [2.75, 3.05) is 27.7 Å². The van der Waals surface area contributed by atoms with Crippen LogP contribution in [0.4, 0.5) is 0 Å². The fourth-order valence-electron chi connectivity index (χ4n) is 8.75. The SMILES string of the molecule is CC[C@H]1OC(=O)[C@H](C)C(=O)[C@H](C)[C@@H](OC2OC(C)C(O)C(N(C)C)C2O)[C@@](C)(OC)C[C@@H](C)C(=O)[C@H](C)[C@H]2C(CCCCN=[N+]=[N-])C(=O)O[C@@]21C. The van der Waals surface area contributed by atoms with Crippen LogP contribution >= 0.6 is 0 Å². The third-order valence-electron chi connectivity index (χ3n) is 11.7. The fourth-order valence-corrected chi connectivity index (χ4v) is 8.75. The number of aliphatic hydroxyl groups is 2. The second kappa shape index (κ2) is 17.5. The number of aliphatic hydroxyl groups excluding tert-OH is 2. The zero-order chi connectivity index (χ0) is 38.6. The van der Waals surface area contributed by atoms with Crippen LogP contribution in [-0.2, 0) is 42.9 Å². The van der Waals surface area contributed by atoms with E-state index in [0.717, 1.165) is 0 Å². The summed E-state index contributed by atoms with van der Waals surface area (Å²) >= 11 is 0. The number of carbonyl (C=O) groups is 4. The van der Waals surface area contributed by atoms with E-state index < -0.39 is 107 Å². The van der Waals surface area contributed by atoms with Gasteiger partial charge in [0.25, 0.3) is 0 Å². The lowest BCUT2D eigenvalue weighted by atomic mass is 9.66. The van der Waals surface area contributed by atoms with Crippen molar-refractivity contribution in [3.05, 3.63) is 10.4 Å². The van der Waals surface area contributed by atoms with E-state index in [1.165, 1.54) is 14.0 Å². The molecule has 290 valence electrons. The predicted molar refractivity (Wildman–Crippen MR) is 185 cm³/mol. The Hall–Kier alpha value is -2.65. The second-order valence-corrected chi connectivity index (χ2v) is 15.4. The number of hydrogen-bond donors (Lipinski definition) is 2. The molecule has 0 bridgehead atoms. The van der Waals surface area contributed by atoms with Gasteiger partial charge in [0.1, 0.15) is 23.9 Å². The van der Waals surface area contributed by atoms with Gasteiger partial charge in [-0.3, -0.25) is 19.2 Å². The van der Waals surface area contributed by atoms with E-state index in [4.69, 9.17) is 29.2 Å². The molecule has 0 amide bonds. The third kappa shape index (κ3) is 8.77. The third-order valence-corrected chi connectivity index (χ3v) is 11.7. The van der Waals surface area contributed by atoms with Crippen molar-refractivity contribution in [1.29, 1.82) is 0 Å². The summed E-state index contributed by atoms with van der Waals surface area (Å²) in [5.74, 6) is -7.02. The number of methoxy groups -OCH3 is 1. The average Bonchev–Trinajstić information content (AvgIpc) is 3.34. The number of Topliss-reactive ketones (excluding diaryl/α,β-unsaturated/α-hetero) is 2. The fraction of sp³-hybridized carbons (Fsp3) is 0.889. The van der Waals surface area contributed by atoms with Crippen LogP contribution < -0.4 is 0 Å². The van der Waals surface area contributed by atoms with Crippen LogP contribution in [0.25, 0.3) is 10.4 Å². The van der Waals surface area contributed by atoms with Gasteiger partial charge < -0.3 is 38.8 Å². The van der Waals surface area contributed by atoms with Gasteiger partial charge in [-0.2, -0.15) is 0 Å². The molecule has 15 atom stereocenters. The van der Waals surface area contributed by atoms with E-state index in [1.807, 2.05) is 0 Å². The van der Waals surface area contributed by atoms with E-state index >= 15 is 0 Å². The van der Waals surface area contributed by atoms with Crippen molar-refractivity contribution in [3.63, 3.8) is 0 Å². The van der Waals surface area contributed by atoms with Crippen LogP contribution in [0.5, 0.6) is 0 Å². The maximum atomic E-state index is 14.5. The average molecular weight is 725 g/mol. The number of fused-ring (bicyclic) bond motifs is 1. The highest BCUT2D eigenvalue weighted by molar-refractivity contribution is 6.00. The lowest BCUT2D eigenvalue weighted by molar-refractivity contribution is -0.313. The van der Waals surface area contributed by atoms with Gasteiger partial charge in [-0.15, -0.1) is 0 Å². The molecule has 0 aromatic heterocycles. The summed E-state index contributed by atoms with van der Waals surface area (Å²) in [4.78, 5) is 60.5. The largest absolute Gasteiger partial charge is 0.458 e. The van der Waals surface area contributed by atoms with Crippen LogP contribution in [0.3, 0.4) is 0 Å². The van der Waals surface area contributed by atoms with Crippen LogP contribution in [0.15, 0.2) is 5.11 Å². The van der Waals surface area contributed by atoms with Gasteiger partial charge in [-0.05, 0) is 73.0 Å². The van der Waals surface area contributed by atoms with E-state index in [1.54, 1.807) is 67.5 Å². The van der Waals surface area contributed by atoms with Crippen molar-refractivity contribution in [1.82, 2.24) is 4.90 Å². The molecule has 0 aliphatic carbocycles. The minimum atomic E-state index is -1.36. The van der Waals surface area contributed by atoms with E-state index in [0.29, 0.717) is 19.3 Å². The summed E-state index contributed by atoms with van der Waals surface area (Å²) < 4.78 is 30.7. The minimum absolute atomic E-state index is 0.0815. The van der Waals surface area contributed by atoms with E-state index in [2.05, 4.69) is 10.0 Å². The van der Waals surface area contributed by atoms with E-state index in [-0.39, 0.29) is 25.2 Å². The second-order valence-electron chi connectivity index (χ2n) is 15.4. The first-order valence-electron chi connectivity index (χ1n) is 18.2. The number of carbonyl (C=O) groups excluding carboxylic acids is 4. The van der Waals surface area contributed by atoms with Crippen molar-refractivity contribution < 1.29 is 53.1 Å². The standard InChI is InChI=1S/C36H60N4O11/c1-12-24-36(8)25(23(33(46)51-36)15-13-14-16-38-39-37)19(3)27(41)18(2)17-35(7,47-11)31(20(4)28(42)21(5)32(45)49-24)50-34-30(44)26(40(9)10)29(43)22(6)48-34/h18-26,29-31,34,43-44H,12-17H2,1-11H3/t18-,19-,20+,21-,22?,23?,24-,25+,26?,29?,30?,31-,34?,35+,36-/m1/s1. The Morgan fingerprint density at radius 2 is 1.63 bits per heavy atom. The first-order chi connectivity index (χ1) is 23.8. The zero-order valence-electron chi connectivity index (χ0n) is 32.1. The van der Waals surface area contributed by atoms with Crippen molar-refractivity contribution >= 4 is 23.5 Å². The molecule has 0 aromatic carbocycles. The zero-order valence-corrected chi connectivity index (χ0v) is 32.1. The van der Waals surface area contributed by atoms with Crippen molar-refractivity contribution in [2.24, 2.45) is 40.6 Å². The highest BCUT2D eigenvalue weighted by Crippen LogP contribution is 2.49. The molecular formula is C36H60N4O11. The number of cyclic esters (lactones) is 1. The quantitative estimate of drug-likeness (QED) is 0.0828. The first kappa shape index (κ1) is 42.8. The normalized spacial score (nSPS) is 42.8. The number of ether oxygens (including phenoxy) is 5. The molecule has 3 fully saturated rings. The Labute approximate surface area is 301 Å². The van der Waals surface area contributed by atoms with Crippen LogP contribution in [-0.4, -0.2) is 120 Å². The molecule has 15 heteroatoms. The molecule has 0 saturated carbocycles. The molecule has 0 aromatic rings. The van der Waals surface area contributed by atoms with Gasteiger partial charge in [0, 0.05) is 42.2 Å². The Balaban J connectivity index is 2.11. The Bertz CT molecular complexity index is 1310. The summed E-state index contributed by atoms with van der Waals surface area (Å²) in [6.45, 7) is 13.7. The van der Waals surface area contributed by atoms with Crippen molar-refractivity contribution in [3.8, 4) is 0 Å². The molecule has 3 aliphatic rings. The first-order valence-corrected chi connectivity index (χ1v) is 18.2. The molecule has 3 heterocycles. The topological polar surface area (TPSA) is 207 Å². The summed E-state index contributed by atoms with van der Waals surface area (Å²) in [7, 11) is 4.87. The van der Waals surface area contributed by atoms with Crippen molar-refractivity contribution in [2.45, 2.75) is 142 Å². The van der Waals surface area contributed by atoms with Gasteiger partial charge in [0.15, 0.2) is 17.7 Å². The molecule has 3 aliphatic heterocycles. The molecule has 15 nitrogen and oxygen atoms in total. The number of likely N-dealkylation sites (N-methyl/N-ethyl adjacent to an activating group) is 1. The highest BCUT2D eigenvalue weighted by atomic mass is 16.7. The maximum Gasteiger partial charge on any atom is 0.316 e. The molecule has 2 N–H and O–H groups in total. The number of unbranched alkanes of at least 4 members (excludes halogenated alkanes) is 1. The molecule has 0 spiro atoms. The minimum Gasteiger partial charge on any atom is -0.458 e. The summed E-state index contributed by atoms with van der Waals surface area (Å²) in [6.07, 6.45) is -4.66. The van der Waals surface area contributed by atoms with Gasteiger partial charge in [0.05, 0.1) is 35.9 Å². The smallest absolute Gasteiger partial charge is 0.316 e. The Morgan fingerprint density at radius 1 is 0.980 bits per heavy atom. The van der Waals surface area contributed by atoms with E-state index in [9.17, 15) is 29.4 Å². The van der Waals surface area contributed by atoms with Gasteiger partial charge in [-0.25, -0.2) is 0 Å². The molecule has 3 rings (SSSR count). The van der Waals surface area contributed by atoms with Gasteiger partial charge in [0.2, 0.25) is 0 Å². The number of azide groups is 1. The Morgan fingerprint density at radius 3 is 2.20 bits per heavy atom. The number of hydrogen-bond acceptors (Lipinski definition) is 13. The molecule has 6 unspecified atom stereocenters. The number of rotatable bonds is 10. The Kier molecular flexibility index (Phi) is 14.6. The van der Waals surface area contributed by atoms with Crippen LogP contribution in [0, 0.1) is 35.5 Å². The number of esters is 2. The summed E-state index contributed by atoms with van der Waals surface area (Å²) in [6, 6.07) is -0.754. The lowest BCUT2D eigenvalue weighted by Gasteiger charge is -2.48. The molecule has 3 saturated heterocycles. The monoisotopic (exact) mass is 724 g/mol. The highest BCUT2D eigenvalue weighted by Gasteiger charge is 2.61. The summed E-state index contributed by atoms with van der Waals surface area (Å²) in [5, 5.41) is 25.7. The van der Waals surface area contributed by atoms with Crippen LogP contribution in [0.1, 0.15) is 87.5 Å². The number of ketones is 2. The molecule has 0 radical (unpaired) electrons. The van der Waals surface area contributed by atoms with Crippen LogP contribution in [0.2, 0.25) is 0 Å².